The van der Waals surface area contributed by atoms with E-state index in [0.29, 0.717) is 52.5 Å². The van der Waals surface area contributed by atoms with Crippen LogP contribution < -0.4 is 15.4 Å². The number of halogens is 1. The van der Waals surface area contributed by atoms with Crippen molar-refractivity contribution < 1.29 is 23.9 Å². The third-order valence-electron chi connectivity index (χ3n) is 7.10. The van der Waals surface area contributed by atoms with E-state index in [1.807, 2.05) is 27.7 Å². The number of likely N-dealkylation sites (tertiary alicyclic amines) is 1. The highest BCUT2D eigenvalue weighted by Crippen LogP contribution is 2.36. The molecule has 1 saturated heterocycles. The van der Waals surface area contributed by atoms with Crippen LogP contribution in [-0.4, -0.2) is 83.3 Å². The first-order valence-electron chi connectivity index (χ1n) is 13.3. The molecule has 1 aliphatic rings. The molecule has 40 heavy (non-hydrogen) atoms. The Morgan fingerprint density at radius 1 is 1.30 bits per heavy atom. The average Bonchev–Trinajstić information content (AvgIpc) is 3.26. The van der Waals surface area contributed by atoms with Gasteiger partial charge in [-0.1, -0.05) is 16.8 Å². The van der Waals surface area contributed by atoms with Crippen LogP contribution in [0.25, 0.3) is 22.6 Å². The molecule has 0 spiro atoms. The van der Waals surface area contributed by atoms with Gasteiger partial charge in [0.25, 0.3) is 0 Å². The number of likely N-dealkylation sites (N-methyl/N-ethyl adjacent to an activating group) is 1. The number of carbonyl (C=O) groups excluding carboxylic acids is 1. The Balaban J connectivity index is 1.71. The van der Waals surface area contributed by atoms with E-state index in [4.69, 9.17) is 35.6 Å². The van der Waals surface area contributed by atoms with E-state index in [1.54, 1.807) is 30.1 Å². The number of nitrogens with one attached hydrogen (secondary N) is 2. The number of aliphatic hydroxyl groups excluding tert-OH is 1. The zero-order valence-corrected chi connectivity index (χ0v) is 24.5. The minimum Gasteiger partial charge on any atom is -0.491 e. The number of benzene rings is 1. The number of aliphatic hydroxyl groups is 1. The summed E-state index contributed by atoms with van der Waals surface area (Å²) >= 11 is 6.65. The third-order valence-corrected chi connectivity index (χ3v) is 7.43. The van der Waals surface area contributed by atoms with E-state index in [0.717, 1.165) is 29.7 Å². The predicted octanol–water partition coefficient (Wildman–Crippen LogP) is 4.37. The molecule has 1 aromatic carbocycles. The Hall–Kier alpha value is -3.41. The maximum Gasteiger partial charge on any atom is 0.409 e. The molecule has 4 rings (SSSR count). The van der Waals surface area contributed by atoms with Crippen molar-refractivity contribution in [3.8, 4) is 28.4 Å². The number of piperidine rings is 1. The first-order valence-corrected chi connectivity index (χ1v) is 13.7. The fraction of sp³-hybridized carbons (Fsp3) is 0.500. The second kappa shape index (κ2) is 12.8. The molecule has 0 saturated carbocycles. The van der Waals surface area contributed by atoms with Gasteiger partial charge in [0.15, 0.2) is 5.82 Å². The summed E-state index contributed by atoms with van der Waals surface area (Å²) in [6.07, 6.45) is 0.489. The number of amides is 1. The van der Waals surface area contributed by atoms with Crippen molar-refractivity contribution in [3.63, 3.8) is 0 Å². The first-order chi connectivity index (χ1) is 19.1. The van der Waals surface area contributed by atoms with Crippen molar-refractivity contribution in [2.75, 3.05) is 39.2 Å². The number of rotatable bonds is 9. The minimum atomic E-state index is -0.658. The lowest BCUT2D eigenvalue weighted by Gasteiger charge is -2.37. The van der Waals surface area contributed by atoms with Gasteiger partial charge >= 0.3 is 6.09 Å². The van der Waals surface area contributed by atoms with E-state index < -0.39 is 6.10 Å². The maximum absolute atomic E-state index is 12.1. The summed E-state index contributed by atoms with van der Waals surface area (Å²) < 4.78 is 16.2. The van der Waals surface area contributed by atoms with Gasteiger partial charge in [-0.3, -0.25) is 0 Å². The van der Waals surface area contributed by atoms with Gasteiger partial charge in [-0.15, -0.1) is 0 Å². The molecular formula is C28H37ClN6O5. The zero-order valence-electron chi connectivity index (χ0n) is 23.7. The number of nitrogens with zero attached hydrogens (tertiary/aromatic N) is 4. The van der Waals surface area contributed by atoms with Crippen LogP contribution in [0.15, 0.2) is 22.7 Å². The zero-order chi connectivity index (χ0) is 29.0. The lowest BCUT2D eigenvalue weighted by molar-refractivity contribution is 0.0920. The molecule has 1 fully saturated rings. The predicted molar refractivity (Wildman–Crippen MR) is 153 cm³/mol. The van der Waals surface area contributed by atoms with Crippen LogP contribution in [-0.2, 0) is 4.74 Å². The van der Waals surface area contributed by atoms with Crippen molar-refractivity contribution >= 4 is 23.5 Å². The molecule has 2 aromatic heterocycles. The number of carbonyl (C=O) groups is 1. The van der Waals surface area contributed by atoms with Gasteiger partial charge in [0.05, 0.1) is 29.1 Å². The van der Waals surface area contributed by atoms with Crippen LogP contribution in [0.1, 0.15) is 36.8 Å². The average molecular weight is 573 g/mol. The quantitative estimate of drug-likeness (QED) is 0.339. The van der Waals surface area contributed by atoms with E-state index in [9.17, 15) is 9.90 Å². The van der Waals surface area contributed by atoms with E-state index in [1.165, 1.54) is 7.11 Å². The molecule has 3 heterocycles. The molecule has 3 atom stereocenters. The lowest BCUT2D eigenvalue weighted by Crippen LogP contribution is -2.48. The smallest absolute Gasteiger partial charge is 0.409 e. The number of aromatic nitrogens is 3. The lowest BCUT2D eigenvalue weighted by atomic mass is 9.98. The minimum absolute atomic E-state index is 0.00359. The highest BCUT2D eigenvalue weighted by Gasteiger charge is 2.30. The summed E-state index contributed by atoms with van der Waals surface area (Å²) in [5.74, 6) is 2.26. The van der Waals surface area contributed by atoms with Gasteiger partial charge in [-0.05, 0) is 65.8 Å². The molecule has 12 heteroatoms. The van der Waals surface area contributed by atoms with Crippen molar-refractivity contribution in [2.45, 2.75) is 58.7 Å². The van der Waals surface area contributed by atoms with Crippen LogP contribution in [0.5, 0.6) is 5.75 Å². The third kappa shape index (κ3) is 6.48. The monoisotopic (exact) mass is 572 g/mol. The molecular weight excluding hydrogens is 536 g/mol. The molecule has 1 aliphatic heterocycles. The molecule has 3 N–H and O–H groups in total. The Labute approximate surface area is 239 Å². The topological polar surface area (TPSA) is 135 Å². The van der Waals surface area contributed by atoms with E-state index in [-0.39, 0.29) is 24.8 Å². The highest BCUT2D eigenvalue weighted by molar-refractivity contribution is 6.33. The molecule has 1 amide bonds. The summed E-state index contributed by atoms with van der Waals surface area (Å²) in [4.78, 5) is 23.7. The number of aryl methyl sites for hydroxylation is 2. The van der Waals surface area contributed by atoms with Gasteiger partial charge in [-0.2, -0.15) is 0 Å². The summed E-state index contributed by atoms with van der Waals surface area (Å²) in [5.41, 5.74) is 3.65. The molecule has 0 aliphatic carbocycles. The summed E-state index contributed by atoms with van der Waals surface area (Å²) in [6.45, 7) is 8.81. The summed E-state index contributed by atoms with van der Waals surface area (Å²) in [7, 11) is 3.17. The number of anilines is 1. The summed E-state index contributed by atoms with van der Waals surface area (Å²) in [5, 5.41) is 21.2. The SMILES string of the molecule is CNC[C@H](O)COc1ccc(Cl)c(-c2nc(N[C@@H]3CCN(C(=O)OC)[C@@H](C)C3)c(C)c(-c3c(C)noc3C)n2)c1. The Morgan fingerprint density at radius 3 is 2.73 bits per heavy atom. The number of ether oxygens (including phenoxy) is 2. The second-order valence-electron chi connectivity index (χ2n) is 10.1. The number of methoxy groups -OCH3 is 1. The second-order valence-corrected chi connectivity index (χ2v) is 10.5. The number of hydrogen-bond acceptors (Lipinski definition) is 10. The van der Waals surface area contributed by atoms with Crippen molar-refractivity contribution in [1.82, 2.24) is 25.3 Å². The largest absolute Gasteiger partial charge is 0.491 e. The van der Waals surface area contributed by atoms with Crippen molar-refractivity contribution in [1.29, 1.82) is 0 Å². The first kappa shape index (κ1) is 29.6. The van der Waals surface area contributed by atoms with Gasteiger partial charge in [0.2, 0.25) is 0 Å². The Kier molecular flexibility index (Phi) is 9.49. The fourth-order valence-corrected chi connectivity index (χ4v) is 5.18. The normalized spacial score (nSPS) is 17.9. The van der Waals surface area contributed by atoms with Crippen LogP contribution in [0, 0.1) is 20.8 Å². The van der Waals surface area contributed by atoms with Crippen LogP contribution >= 0.6 is 11.6 Å². The van der Waals surface area contributed by atoms with Gasteiger partial charge < -0.3 is 34.6 Å². The van der Waals surface area contributed by atoms with E-state index in [2.05, 4.69) is 15.8 Å². The van der Waals surface area contributed by atoms with Crippen LogP contribution in [0.4, 0.5) is 10.6 Å². The van der Waals surface area contributed by atoms with Crippen LogP contribution in [0.2, 0.25) is 5.02 Å². The van der Waals surface area contributed by atoms with Crippen molar-refractivity contribution in [3.05, 3.63) is 40.2 Å². The molecule has 0 radical (unpaired) electrons. The molecule has 11 nitrogen and oxygen atoms in total. The van der Waals surface area contributed by atoms with Gasteiger partial charge in [-0.25, -0.2) is 14.8 Å². The van der Waals surface area contributed by atoms with Crippen molar-refractivity contribution in [2.24, 2.45) is 0 Å². The maximum atomic E-state index is 12.1. The standard InChI is InChI=1S/C28H37ClN6O5/c1-15-11-19(9-10-35(15)28(37)38-6)31-26-16(2)25(24-17(3)34-40-18(24)4)32-27(33-26)22-12-21(7-8-23(22)29)39-14-20(36)13-30-5/h7-8,12,15,19-20,30,36H,9-11,13-14H2,1-6H3,(H,31,32,33)/t15-,19+,20-/m0/s1. The van der Waals surface area contributed by atoms with Crippen LogP contribution in [0.3, 0.4) is 0 Å². The molecule has 0 bridgehead atoms. The summed E-state index contributed by atoms with van der Waals surface area (Å²) in [6, 6.07) is 5.33. The Morgan fingerprint density at radius 2 is 2.08 bits per heavy atom. The Bertz CT molecular complexity index is 1330. The fourth-order valence-electron chi connectivity index (χ4n) is 4.98. The highest BCUT2D eigenvalue weighted by atomic mass is 35.5. The number of hydrogen-bond donors (Lipinski definition) is 3. The molecule has 0 unspecified atom stereocenters. The van der Waals surface area contributed by atoms with Gasteiger partial charge in [0, 0.05) is 36.3 Å². The van der Waals surface area contributed by atoms with E-state index >= 15 is 0 Å². The molecule has 216 valence electrons. The van der Waals surface area contributed by atoms with Gasteiger partial charge in [0.1, 0.15) is 30.0 Å². The molecule has 3 aromatic rings.